The fourth-order valence-corrected chi connectivity index (χ4v) is 1.95. The van der Waals surface area contributed by atoms with E-state index in [1.54, 1.807) is 0 Å². The van der Waals surface area contributed by atoms with Gasteiger partial charge in [0.2, 0.25) is 5.91 Å². The third kappa shape index (κ3) is 4.49. The first kappa shape index (κ1) is 13.5. The maximum absolute atomic E-state index is 11.9. The molecule has 4 nitrogen and oxygen atoms in total. The molecule has 0 bridgehead atoms. The van der Waals surface area contributed by atoms with Gasteiger partial charge in [-0.2, -0.15) is 0 Å². The third-order valence-electron chi connectivity index (χ3n) is 2.96. The first-order valence-electron chi connectivity index (χ1n) is 6.16. The van der Waals surface area contributed by atoms with Gasteiger partial charge in [-0.3, -0.25) is 4.79 Å². The molecular formula is C12H24N2O2. The van der Waals surface area contributed by atoms with E-state index in [4.69, 9.17) is 4.74 Å². The molecule has 0 radical (unpaired) electrons. The van der Waals surface area contributed by atoms with Crippen LogP contribution in [0.25, 0.3) is 0 Å². The van der Waals surface area contributed by atoms with Gasteiger partial charge < -0.3 is 15.0 Å². The number of rotatable bonds is 5. The van der Waals surface area contributed by atoms with Crippen LogP contribution in [0.1, 0.15) is 33.6 Å². The summed E-state index contributed by atoms with van der Waals surface area (Å²) in [6.45, 7) is 9.68. The summed E-state index contributed by atoms with van der Waals surface area (Å²) in [6.07, 6.45) is 2.22. The second kappa shape index (κ2) is 6.21. The number of carbonyl (C=O) groups excluding carboxylic acids is 1. The van der Waals surface area contributed by atoms with Crippen LogP contribution in [0.4, 0.5) is 0 Å². The summed E-state index contributed by atoms with van der Waals surface area (Å²) in [4.78, 5) is 13.7. The normalized spacial score (nSPS) is 17.6. The van der Waals surface area contributed by atoms with E-state index >= 15 is 0 Å². The zero-order valence-corrected chi connectivity index (χ0v) is 10.7. The fraction of sp³-hybridized carbons (Fsp3) is 0.917. The average Bonchev–Trinajstić information content (AvgIpc) is 2.27. The molecule has 0 unspecified atom stereocenters. The molecule has 1 aliphatic rings. The summed E-state index contributed by atoms with van der Waals surface area (Å²) >= 11 is 0. The Hall–Kier alpha value is -0.610. The minimum absolute atomic E-state index is 0.0523. The minimum atomic E-state index is 0.0523. The van der Waals surface area contributed by atoms with Gasteiger partial charge in [0.1, 0.15) is 0 Å². The van der Waals surface area contributed by atoms with Gasteiger partial charge in [0.25, 0.3) is 0 Å². The Morgan fingerprint density at radius 1 is 1.38 bits per heavy atom. The Labute approximate surface area is 98.3 Å². The summed E-state index contributed by atoms with van der Waals surface area (Å²) in [5.41, 5.74) is 0.0523. The van der Waals surface area contributed by atoms with E-state index in [1.165, 1.54) is 0 Å². The highest BCUT2D eigenvalue weighted by Gasteiger charge is 2.20. The molecule has 0 aromatic carbocycles. The van der Waals surface area contributed by atoms with Crippen LogP contribution in [0.15, 0.2) is 0 Å². The van der Waals surface area contributed by atoms with Crippen LogP contribution < -0.4 is 5.32 Å². The van der Waals surface area contributed by atoms with Crippen molar-refractivity contribution in [2.45, 2.75) is 39.2 Å². The first-order valence-corrected chi connectivity index (χ1v) is 6.16. The largest absolute Gasteiger partial charge is 0.378 e. The highest BCUT2D eigenvalue weighted by atomic mass is 16.5. The molecule has 0 saturated carbocycles. The molecule has 1 amide bonds. The van der Waals surface area contributed by atoms with E-state index in [2.05, 4.69) is 26.1 Å². The van der Waals surface area contributed by atoms with E-state index in [1.807, 2.05) is 4.90 Å². The standard InChI is InChI=1S/C12H24N2O2/c1-4-5-12(2,3)13-10-11(15)14-6-8-16-9-7-14/h13H,4-10H2,1-3H3. The van der Waals surface area contributed by atoms with Crippen molar-refractivity contribution in [3.8, 4) is 0 Å². The number of amides is 1. The summed E-state index contributed by atoms with van der Waals surface area (Å²) < 4.78 is 5.22. The van der Waals surface area contributed by atoms with Gasteiger partial charge in [-0.1, -0.05) is 13.3 Å². The van der Waals surface area contributed by atoms with Crippen molar-refractivity contribution in [2.75, 3.05) is 32.8 Å². The molecule has 0 aliphatic carbocycles. The summed E-state index contributed by atoms with van der Waals surface area (Å²) in [6, 6.07) is 0. The van der Waals surface area contributed by atoms with Crippen molar-refractivity contribution in [1.29, 1.82) is 0 Å². The van der Waals surface area contributed by atoms with E-state index < -0.39 is 0 Å². The number of hydrogen-bond donors (Lipinski definition) is 1. The lowest BCUT2D eigenvalue weighted by atomic mass is 9.99. The van der Waals surface area contributed by atoms with Crippen LogP contribution in [0.3, 0.4) is 0 Å². The molecule has 4 heteroatoms. The van der Waals surface area contributed by atoms with Crippen LogP contribution >= 0.6 is 0 Å². The minimum Gasteiger partial charge on any atom is -0.378 e. The van der Waals surface area contributed by atoms with Gasteiger partial charge in [-0.15, -0.1) is 0 Å². The zero-order chi connectivity index (χ0) is 12.0. The van der Waals surface area contributed by atoms with Crippen LogP contribution in [0.2, 0.25) is 0 Å². The molecule has 16 heavy (non-hydrogen) atoms. The molecule has 1 N–H and O–H groups in total. The van der Waals surface area contributed by atoms with E-state index in [0.717, 1.165) is 25.9 Å². The molecule has 0 atom stereocenters. The number of carbonyl (C=O) groups is 1. The van der Waals surface area contributed by atoms with Crippen molar-refractivity contribution < 1.29 is 9.53 Å². The average molecular weight is 228 g/mol. The van der Waals surface area contributed by atoms with Gasteiger partial charge in [0, 0.05) is 18.6 Å². The Morgan fingerprint density at radius 2 is 2.00 bits per heavy atom. The predicted molar refractivity (Wildman–Crippen MR) is 64.4 cm³/mol. The van der Waals surface area contributed by atoms with Crippen molar-refractivity contribution in [1.82, 2.24) is 10.2 Å². The lowest BCUT2D eigenvalue weighted by Gasteiger charge is -2.30. The number of nitrogens with zero attached hydrogens (tertiary/aromatic N) is 1. The van der Waals surface area contributed by atoms with Crippen LogP contribution in [0.5, 0.6) is 0 Å². The monoisotopic (exact) mass is 228 g/mol. The summed E-state index contributed by atoms with van der Waals surface area (Å²) in [7, 11) is 0. The van der Waals surface area contributed by atoms with Gasteiger partial charge >= 0.3 is 0 Å². The first-order chi connectivity index (χ1) is 7.55. The van der Waals surface area contributed by atoms with E-state index in [-0.39, 0.29) is 11.4 Å². The van der Waals surface area contributed by atoms with E-state index in [0.29, 0.717) is 19.8 Å². The lowest BCUT2D eigenvalue weighted by Crippen LogP contribution is -2.49. The molecule has 1 rings (SSSR count). The summed E-state index contributed by atoms with van der Waals surface area (Å²) in [5.74, 6) is 0.187. The Bertz CT molecular complexity index is 223. The van der Waals surface area contributed by atoms with Crippen molar-refractivity contribution >= 4 is 5.91 Å². The number of nitrogens with one attached hydrogen (secondary N) is 1. The van der Waals surface area contributed by atoms with Crippen LogP contribution in [-0.4, -0.2) is 49.2 Å². The van der Waals surface area contributed by atoms with Gasteiger partial charge in [0.15, 0.2) is 0 Å². The maximum Gasteiger partial charge on any atom is 0.236 e. The molecule has 0 aromatic heterocycles. The fourth-order valence-electron chi connectivity index (χ4n) is 1.95. The Morgan fingerprint density at radius 3 is 2.56 bits per heavy atom. The van der Waals surface area contributed by atoms with Gasteiger partial charge in [-0.25, -0.2) is 0 Å². The van der Waals surface area contributed by atoms with Crippen molar-refractivity contribution in [3.05, 3.63) is 0 Å². The molecule has 1 aliphatic heterocycles. The highest BCUT2D eigenvalue weighted by molar-refractivity contribution is 5.78. The smallest absolute Gasteiger partial charge is 0.236 e. The van der Waals surface area contributed by atoms with Crippen molar-refractivity contribution in [2.24, 2.45) is 0 Å². The van der Waals surface area contributed by atoms with Crippen molar-refractivity contribution in [3.63, 3.8) is 0 Å². The van der Waals surface area contributed by atoms with Crippen LogP contribution in [0, 0.1) is 0 Å². The molecule has 94 valence electrons. The second-order valence-corrected chi connectivity index (χ2v) is 4.98. The molecule has 1 heterocycles. The zero-order valence-electron chi connectivity index (χ0n) is 10.7. The topological polar surface area (TPSA) is 41.6 Å². The van der Waals surface area contributed by atoms with Gasteiger partial charge in [0.05, 0.1) is 19.8 Å². The van der Waals surface area contributed by atoms with Gasteiger partial charge in [-0.05, 0) is 20.3 Å². The molecular weight excluding hydrogens is 204 g/mol. The molecule has 1 fully saturated rings. The SMILES string of the molecule is CCCC(C)(C)NCC(=O)N1CCOCC1. The van der Waals surface area contributed by atoms with Crippen LogP contribution in [-0.2, 0) is 9.53 Å². The third-order valence-corrected chi connectivity index (χ3v) is 2.96. The molecule has 0 spiro atoms. The Balaban J connectivity index is 2.28. The lowest BCUT2D eigenvalue weighted by molar-refractivity contribution is -0.134. The Kier molecular flexibility index (Phi) is 5.22. The second-order valence-electron chi connectivity index (χ2n) is 4.98. The van der Waals surface area contributed by atoms with E-state index in [9.17, 15) is 4.79 Å². The number of morpholine rings is 1. The quantitative estimate of drug-likeness (QED) is 0.763. The predicted octanol–water partition coefficient (Wildman–Crippen LogP) is 1.01. The maximum atomic E-state index is 11.9. The number of ether oxygens (including phenoxy) is 1. The number of hydrogen-bond acceptors (Lipinski definition) is 3. The molecule has 1 saturated heterocycles. The summed E-state index contributed by atoms with van der Waals surface area (Å²) in [5, 5.41) is 3.32. The highest BCUT2D eigenvalue weighted by Crippen LogP contribution is 2.10. The molecule has 0 aromatic rings.